The highest BCUT2D eigenvalue weighted by molar-refractivity contribution is 8.13. The topological polar surface area (TPSA) is 24.4 Å². The lowest BCUT2D eigenvalue weighted by Gasteiger charge is -2.19. The number of benzene rings is 3. The lowest BCUT2D eigenvalue weighted by Crippen LogP contribution is -2.22. The summed E-state index contributed by atoms with van der Waals surface area (Å²) < 4.78 is 0. The highest BCUT2D eigenvalue weighted by Crippen LogP contribution is 2.38. The van der Waals surface area contributed by atoms with Gasteiger partial charge in [-0.25, -0.2) is 0 Å². The Labute approximate surface area is 185 Å². The third kappa shape index (κ3) is 4.84. The standard InChI is InChI=1S/C22H18Cl2N2S.ClH/c23-18-12-11-15(13-19(18)24)14-27-22-25-20(16-7-3-1-4-8-16)21(26-22)17-9-5-2-6-10-17;/h1-13,20-21H,14H2,(H,25,26);1H. The first-order valence-electron chi connectivity index (χ1n) is 8.71. The van der Waals surface area contributed by atoms with E-state index in [1.165, 1.54) is 11.1 Å². The van der Waals surface area contributed by atoms with Crippen LogP contribution in [-0.2, 0) is 5.75 Å². The molecule has 28 heavy (non-hydrogen) atoms. The van der Waals surface area contributed by atoms with Crippen molar-refractivity contribution in [2.75, 3.05) is 0 Å². The van der Waals surface area contributed by atoms with Gasteiger partial charge in [0.05, 0.1) is 16.1 Å². The highest BCUT2D eigenvalue weighted by atomic mass is 35.5. The fourth-order valence-electron chi connectivity index (χ4n) is 3.15. The number of thioether (sulfide) groups is 1. The Balaban J connectivity index is 0.00000225. The summed E-state index contributed by atoms with van der Waals surface area (Å²) in [6.07, 6.45) is 0. The number of rotatable bonds is 4. The molecule has 0 radical (unpaired) electrons. The van der Waals surface area contributed by atoms with Gasteiger partial charge in [-0.3, -0.25) is 4.99 Å². The predicted molar refractivity (Wildman–Crippen MR) is 124 cm³/mol. The normalized spacial score (nSPS) is 18.1. The van der Waals surface area contributed by atoms with E-state index in [0.29, 0.717) is 10.0 Å². The molecule has 0 aromatic heterocycles. The summed E-state index contributed by atoms with van der Waals surface area (Å²) in [5.41, 5.74) is 3.57. The van der Waals surface area contributed by atoms with Gasteiger partial charge in [0.2, 0.25) is 0 Å². The molecule has 0 bridgehead atoms. The zero-order chi connectivity index (χ0) is 18.6. The van der Waals surface area contributed by atoms with Gasteiger partial charge in [0.1, 0.15) is 6.04 Å². The minimum absolute atomic E-state index is 0. The van der Waals surface area contributed by atoms with Crippen LogP contribution < -0.4 is 5.32 Å². The largest absolute Gasteiger partial charge is 0.356 e. The Morgan fingerprint density at radius 3 is 2.11 bits per heavy atom. The molecule has 3 aromatic carbocycles. The Bertz CT molecular complexity index is 949. The second-order valence-corrected chi connectivity index (χ2v) is 8.14. The number of hydrogen-bond acceptors (Lipinski definition) is 3. The Morgan fingerprint density at radius 2 is 1.46 bits per heavy atom. The van der Waals surface area contributed by atoms with E-state index in [4.69, 9.17) is 28.2 Å². The molecule has 0 amide bonds. The molecule has 1 N–H and O–H groups in total. The van der Waals surface area contributed by atoms with Gasteiger partial charge in [-0.05, 0) is 28.8 Å². The first kappa shape index (κ1) is 21.1. The van der Waals surface area contributed by atoms with E-state index in [2.05, 4.69) is 53.8 Å². The van der Waals surface area contributed by atoms with E-state index >= 15 is 0 Å². The lowest BCUT2D eigenvalue weighted by molar-refractivity contribution is 0.573. The average Bonchev–Trinajstić information content (AvgIpc) is 3.15. The molecule has 0 saturated heterocycles. The van der Waals surface area contributed by atoms with Gasteiger partial charge >= 0.3 is 0 Å². The zero-order valence-electron chi connectivity index (χ0n) is 14.9. The van der Waals surface area contributed by atoms with Crippen molar-refractivity contribution in [3.63, 3.8) is 0 Å². The summed E-state index contributed by atoms with van der Waals surface area (Å²) in [7, 11) is 0. The summed E-state index contributed by atoms with van der Waals surface area (Å²) in [6.45, 7) is 0. The van der Waals surface area contributed by atoms with Crippen LogP contribution in [0.1, 0.15) is 28.8 Å². The van der Waals surface area contributed by atoms with Crippen LogP contribution in [0.2, 0.25) is 10.0 Å². The summed E-state index contributed by atoms with van der Waals surface area (Å²) in [5, 5.41) is 5.72. The maximum absolute atomic E-state index is 6.13. The molecule has 6 heteroatoms. The SMILES string of the molecule is Cl.Clc1ccc(CSC2=NC(c3ccccc3)C(c3ccccc3)N2)cc1Cl. The van der Waals surface area contributed by atoms with Crippen LogP contribution in [0.15, 0.2) is 83.9 Å². The second kappa shape index (κ2) is 9.71. The van der Waals surface area contributed by atoms with Crippen molar-refractivity contribution >= 4 is 52.5 Å². The van der Waals surface area contributed by atoms with Crippen LogP contribution in [0.4, 0.5) is 0 Å². The van der Waals surface area contributed by atoms with Crippen molar-refractivity contribution in [2.45, 2.75) is 17.8 Å². The third-order valence-electron chi connectivity index (χ3n) is 4.51. The summed E-state index contributed by atoms with van der Waals surface area (Å²) in [6, 6.07) is 26.8. The predicted octanol–water partition coefficient (Wildman–Crippen LogP) is 7.09. The molecule has 2 unspecified atom stereocenters. The Kier molecular flexibility index (Phi) is 7.30. The first-order valence-corrected chi connectivity index (χ1v) is 10.5. The fourth-order valence-corrected chi connectivity index (χ4v) is 4.36. The molecular weight excluding hydrogens is 431 g/mol. The van der Waals surface area contributed by atoms with Crippen molar-refractivity contribution in [1.82, 2.24) is 5.32 Å². The molecule has 2 atom stereocenters. The van der Waals surface area contributed by atoms with Gasteiger partial charge in [-0.1, -0.05) is 102 Å². The number of nitrogens with zero attached hydrogens (tertiary/aromatic N) is 1. The van der Waals surface area contributed by atoms with Crippen molar-refractivity contribution in [1.29, 1.82) is 0 Å². The molecule has 2 nitrogen and oxygen atoms in total. The third-order valence-corrected chi connectivity index (χ3v) is 6.22. The second-order valence-electron chi connectivity index (χ2n) is 6.36. The Morgan fingerprint density at radius 1 is 0.821 bits per heavy atom. The smallest absolute Gasteiger partial charge is 0.158 e. The van der Waals surface area contributed by atoms with Crippen molar-refractivity contribution < 1.29 is 0 Å². The minimum atomic E-state index is 0. The average molecular weight is 450 g/mol. The maximum atomic E-state index is 6.13. The van der Waals surface area contributed by atoms with Gasteiger partial charge < -0.3 is 5.32 Å². The van der Waals surface area contributed by atoms with Gasteiger partial charge in [-0.15, -0.1) is 12.4 Å². The van der Waals surface area contributed by atoms with Gasteiger partial charge in [-0.2, -0.15) is 0 Å². The van der Waals surface area contributed by atoms with Crippen LogP contribution in [-0.4, -0.2) is 5.17 Å². The molecule has 3 aromatic rings. The van der Waals surface area contributed by atoms with Crippen LogP contribution in [0.3, 0.4) is 0 Å². The number of hydrogen-bond donors (Lipinski definition) is 1. The number of aliphatic imine (C=N–C) groups is 1. The molecule has 1 aliphatic heterocycles. The Hall–Kier alpha value is -1.65. The molecule has 4 rings (SSSR count). The zero-order valence-corrected chi connectivity index (χ0v) is 18.0. The van der Waals surface area contributed by atoms with E-state index in [1.54, 1.807) is 11.8 Å². The lowest BCUT2D eigenvalue weighted by atomic mass is 9.95. The molecule has 0 aliphatic carbocycles. The van der Waals surface area contributed by atoms with E-state index in [9.17, 15) is 0 Å². The summed E-state index contributed by atoms with van der Waals surface area (Å²) in [5.74, 6) is 0.783. The van der Waals surface area contributed by atoms with Crippen molar-refractivity contribution in [2.24, 2.45) is 4.99 Å². The molecule has 144 valence electrons. The highest BCUT2D eigenvalue weighted by Gasteiger charge is 2.31. The van der Waals surface area contributed by atoms with Gasteiger partial charge in [0.25, 0.3) is 0 Å². The molecule has 1 heterocycles. The first-order chi connectivity index (χ1) is 13.2. The number of halogens is 3. The molecule has 1 aliphatic rings. The number of nitrogens with one attached hydrogen (secondary N) is 1. The summed E-state index contributed by atoms with van der Waals surface area (Å²) in [4.78, 5) is 4.98. The van der Waals surface area contributed by atoms with E-state index in [-0.39, 0.29) is 24.5 Å². The summed E-state index contributed by atoms with van der Waals surface area (Å²) >= 11 is 13.8. The molecule has 0 saturated carbocycles. The number of amidine groups is 1. The van der Waals surface area contributed by atoms with Gasteiger partial charge in [0.15, 0.2) is 5.17 Å². The quantitative estimate of drug-likeness (QED) is 0.460. The van der Waals surface area contributed by atoms with Crippen LogP contribution in [0.25, 0.3) is 0 Å². The van der Waals surface area contributed by atoms with Crippen LogP contribution in [0, 0.1) is 0 Å². The van der Waals surface area contributed by atoms with E-state index in [1.807, 2.05) is 30.3 Å². The van der Waals surface area contributed by atoms with Crippen molar-refractivity contribution in [3.8, 4) is 0 Å². The van der Waals surface area contributed by atoms with Crippen LogP contribution in [0.5, 0.6) is 0 Å². The minimum Gasteiger partial charge on any atom is -0.356 e. The molecular formula is C22H19Cl3N2S. The monoisotopic (exact) mass is 448 g/mol. The van der Waals surface area contributed by atoms with Gasteiger partial charge in [0, 0.05) is 5.75 Å². The maximum Gasteiger partial charge on any atom is 0.158 e. The fraction of sp³-hybridized carbons (Fsp3) is 0.136. The van der Waals surface area contributed by atoms with E-state index in [0.717, 1.165) is 16.5 Å². The molecule has 0 fully saturated rings. The van der Waals surface area contributed by atoms with E-state index < -0.39 is 0 Å². The molecule has 0 spiro atoms. The van der Waals surface area contributed by atoms with Crippen LogP contribution >= 0.6 is 47.4 Å². The van der Waals surface area contributed by atoms with Crippen molar-refractivity contribution in [3.05, 3.63) is 106 Å².